The predicted molar refractivity (Wildman–Crippen MR) is 100 cm³/mol. The maximum atomic E-state index is 12.4. The lowest BCUT2D eigenvalue weighted by Crippen LogP contribution is -2.54. The maximum absolute atomic E-state index is 12.4. The molecule has 1 saturated carbocycles. The molecule has 0 aromatic heterocycles. The van der Waals surface area contributed by atoms with Crippen molar-refractivity contribution in [2.45, 2.75) is 72.8 Å². The first-order chi connectivity index (χ1) is 12.2. The lowest BCUT2D eigenvalue weighted by Gasteiger charge is -2.57. The Hall–Kier alpha value is -1.58. The van der Waals surface area contributed by atoms with Gasteiger partial charge >= 0.3 is 11.9 Å². The van der Waals surface area contributed by atoms with E-state index in [0.29, 0.717) is 18.4 Å². The number of ether oxygens (including phenoxy) is 2. The molecule has 5 atom stereocenters. The standard InChI is InChI=1S/C22H32O4/c1-14(10-12-25-16(3)23)9-11-21(4)15(2)13-19-22(5)17(20(24)26-19)7-6-8-18(21)22/h7,10,15,18-19H,6,8-9,11-13H2,1-5H3/b14-10+/t15-,18-,19+,21+,22+/m1/s1. The van der Waals surface area contributed by atoms with Crippen molar-refractivity contribution in [1.82, 2.24) is 0 Å². The summed E-state index contributed by atoms with van der Waals surface area (Å²) in [4.78, 5) is 23.3. The van der Waals surface area contributed by atoms with E-state index in [1.807, 2.05) is 6.08 Å². The molecule has 4 nitrogen and oxygen atoms in total. The zero-order valence-corrected chi connectivity index (χ0v) is 16.8. The predicted octanol–water partition coefficient (Wildman–Crippen LogP) is 4.59. The second-order valence-corrected chi connectivity index (χ2v) is 8.92. The van der Waals surface area contributed by atoms with Crippen molar-refractivity contribution in [2.24, 2.45) is 22.7 Å². The first-order valence-electron chi connectivity index (χ1n) is 9.90. The summed E-state index contributed by atoms with van der Waals surface area (Å²) in [7, 11) is 0. The summed E-state index contributed by atoms with van der Waals surface area (Å²) in [5.74, 6) is 0.651. The normalized spacial score (nSPS) is 39.1. The minimum absolute atomic E-state index is 0.0373. The number of hydrogen-bond acceptors (Lipinski definition) is 4. The van der Waals surface area contributed by atoms with Crippen molar-refractivity contribution in [2.75, 3.05) is 6.61 Å². The number of carbonyl (C=O) groups is 2. The fourth-order valence-corrected chi connectivity index (χ4v) is 5.65. The average molecular weight is 360 g/mol. The van der Waals surface area contributed by atoms with Crippen LogP contribution in [0.2, 0.25) is 0 Å². The van der Waals surface area contributed by atoms with Crippen LogP contribution in [-0.4, -0.2) is 24.6 Å². The molecular weight excluding hydrogens is 328 g/mol. The minimum atomic E-state index is -0.242. The fraction of sp³-hybridized carbons (Fsp3) is 0.727. The van der Waals surface area contributed by atoms with Crippen molar-refractivity contribution in [3.63, 3.8) is 0 Å². The number of hydrogen-bond donors (Lipinski definition) is 0. The summed E-state index contributed by atoms with van der Waals surface area (Å²) in [5.41, 5.74) is 2.23. The fourth-order valence-electron chi connectivity index (χ4n) is 5.65. The van der Waals surface area contributed by atoms with E-state index in [4.69, 9.17) is 9.47 Å². The highest BCUT2D eigenvalue weighted by molar-refractivity contribution is 5.93. The Morgan fingerprint density at radius 1 is 1.38 bits per heavy atom. The van der Waals surface area contributed by atoms with E-state index in [1.54, 1.807) is 0 Å². The van der Waals surface area contributed by atoms with Crippen LogP contribution < -0.4 is 0 Å². The van der Waals surface area contributed by atoms with Crippen LogP contribution in [0.5, 0.6) is 0 Å². The first-order valence-corrected chi connectivity index (χ1v) is 9.90. The smallest absolute Gasteiger partial charge is 0.334 e. The molecule has 1 saturated heterocycles. The van der Waals surface area contributed by atoms with Gasteiger partial charge in [0.05, 0.1) is 0 Å². The van der Waals surface area contributed by atoms with Crippen LogP contribution in [0.15, 0.2) is 23.3 Å². The Balaban J connectivity index is 1.77. The molecule has 2 aliphatic carbocycles. The number of esters is 2. The minimum Gasteiger partial charge on any atom is -0.462 e. The van der Waals surface area contributed by atoms with Gasteiger partial charge in [-0.05, 0) is 62.4 Å². The molecule has 0 bridgehead atoms. The van der Waals surface area contributed by atoms with E-state index in [-0.39, 0.29) is 28.9 Å². The van der Waals surface area contributed by atoms with Gasteiger partial charge in [-0.25, -0.2) is 4.79 Å². The van der Waals surface area contributed by atoms with Crippen LogP contribution in [0.3, 0.4) is 0 Å². The zero-order valence-electron chi connectivity index (χ0n) is 16.8. The molecule has 0 unspecified atom stereocenters. The van der Waals surface area contributed by atoms with E-state index in [9.17, 15) is 9.59 Å². The molecule has 0 radical (unpaired) electrons. The van der Waals surface area contributed by atoms with Gasteiger partial charge in [-0.15, -0.1) is 0 Å². The summed E-state index contributed by atoms with van der Waals surface area (Å²) in [6.07, 6.45) is 9.30. The monoisotopic (exact) mass is 360 g/mol. The molecule has 26 heavy (non-hydrogen) atoms. The third-order valence-corrected chi connectivity index (χ3v) is 7.51. The van der Waals surface area contributed by atoms with E-state index < -0.39 is 0 Å². The van der Waals surface area contributed by atoms with Crippen molar-refractivity contribution < 1.29 is 19.1 Å². The van der Waals surface area contributed by atoms with Crippen molar-refractivity contribution in [1.29, 1.82) is 0 Å². The van der Waals surface area contributed by atoms with Crippen LogP contribution in [0.1, 0.15) is 66.7 Å². The Bertz CT molecular complexity index is 661. The summed E-state index contributed by atoms with van der Waals surface area (Å²) >= 11 is 0. The molecule has 0 aromatic rings. The number of rotatable bonds is 5. The topological polar surface area (TPSA) is 52.6 Å². The molecular formula is C22H32O4. The molecule has 144 valence electrons. The van der Waals surface area contributed by atoms with Gasteiger partial charge in [0.25, 0.3) is 0 Å². The van der Waals surface area contributed by atoms with Gasteiger partial charge in [0.15, 0.2) is 0 Å². The number of carbonyl (C=O) groups excluding carboxylic acids is 2. The molecule has 3 aliphatic rings. The Labute approximate surface area is 157 Å². The third-order valence-electron chi connectivity index (χ3n) is 7.51. The SMILES string of the molecule is CC(=O)OC/C=C(\C)CC[C@@]1(C)[C@H](C)C[C@@H]2OC(=O)C3=CCC[C@H]1[C@]32C. The summed E-state index contributed by atoms with van der Waals surface area (Å²) in [6, 6.07) is 0. The van der Waals surface area contributed by atoms with Crippen molar-refractivity contribution in [3.8, 4) is 0 Å². The van der Waals surface area contributed by atoms with E-state index in [2.05, 4.69) is 33.8 Å². The molecule has 3 rings (SSSR count). The highest BCUT2D eigenvalue weighted by Gasteiger charge is 2.64. The highest BCUT2D eigenvalue weighted by Crippen LogP contribution is 2.65. The summed E-state index contributed by atoms with van der Waals surface area (Å²) in [6.45, 7) is 10.9. The van der Waals surface area contributed by atoms with E-state index in [0.717, 1.165) is 37.7 Å². The Kier molecular flexibility index (Phi) is 5.06. The number of allylic oxidation sites excluding steroid dienone is 2. The Morgan fingerprint density at radius 2 is 2.12 bits per heavy atom. The summed E-state index contributed by atoms with van der Waals surface area (Å²) < 4.78 is 10.8. The molecule has 4 heteroatoms. The summed E-state index contributed by atoms with van der Waals surface area (Å²) in [5, 5.41) is 0. The van der Waals surface area contributed by atoms with Gasteiger partial charge in [-0.3, -0.25) is 4.79 Å². The molecule has 0 amide bonds. The molecule has 0 spiro atoms. The van der Waals surface area contributed by atoms with Gasteiger partial charge in [-0.1, -0.05) is 32.4 Å². The van der Waals surface area contributed by atoms with Crippen molar-refractivity contribution in [3.05, 3.63) is 23.3 Å². The highest BCUT2D eigenvalue weighted by atomic mass is 16.6. The van der Waals surface area contributed by atoms with Gasteiger partial charge in [0, 0.05) is 17.9 Å². The molecule has 0 N–H and O–H groups in total. The van der Waals surface area contributed by atoms with Gasteiger partial charge in [0.2, 0.25) is 0 Å². The largest absolute Gasteiger partial charge is 0.462 e. The zero-order chi connectivity index (χ0) is 19.1. The van der Waals surface area contributed by atoms with Crippen LogP contribution >= 0.6 is 0 Å². The van der Waals surface area contributed by atoms with Crippen LogP contribution in [-0.2, 0) is 19.1 Å². The Morgan fingerprint density at radius 3 is 2.81 bits per heavy atom. The van der Waals surface area contributed by atoms with E-state index in [1.165, 1.54) is 12.5 Å². The van der Waals surface area contributed by atoms with Gasteiger partial charge < -0.3 is 9.47 Å². The quantitative estimate of drug-likeness (QED) is 0.531. The van der Waals surface area contributed by atoms with Crippen LogP contribution in [0.4, 0.5) is 0 Å². The molecule has 1 aliphatic heterocycles. The average Bonchev–Trinajstić information content (AvgIpc) is 2.81. The molecule has 1 heterocycles. The molecule has 2 fully saturated rings. The lowest BCUT2D eigenvalue weighted by atomic mass is 9.46. The van der Waals surface area contributed by atoms with E-state index >= 15 is 0 Å². The van der Waals surface area contributed by atoms with Gasteiger partial charge in [-0.2, -0.15) is 0 Å². The van der Waals surface area contributed by atoms with Crippen LogP contribution in [0, 0.1) is 22.7 Å². The second kappa shape index (κ2) is 6.86. The molecule has 0 aromatic carbocycles. The lowest BCUT2D eigenvalue weighted by molar-refractivity contribution is -0.148. The van der Waals surface area contributed by atoms with Crippen molar-refractivity contribution >= 4 is 11.9 Å². The maximum Gasteiger partial charge on any atom is 0.334 e. The van der Waals surface area contributed by atoms with Crippen LogP contribution in [0.25, 0.3) is 0 Å². The first kappa shape index (κ1) is 19.2. The van der Waals surface area contributed by atoms with Gasteiger partial charge in [0.1, 0.15) is 12.7 Å². The second-order valence-electron chi connectivity index (χ2n) is 8.92. The third kappa shape index (κ3) is 3.01.